The quantitative estimate of drug-likeness (QED) is 0.382. The van der Waals surface area contributed by atoms with E-state index in [1.54, 1.807) is 41.6 Å². The molecule has 5 nitrogen and oxygen atoms in total. The monoisotopic (exact) mass is 459 g/mol. The summed E-state index contributed by atoms with van der Waals surface area (Å²) >= 11 is 0. The molecule has 0 unspecified atom stereocenters. The summed E-state index contributed by atoms with van der Waals surface area (Å²) < 4.78 is 32.5. The van der Waals surface area contributed by atoms with Crippen LogP contribution in [-0.4, -0.2) is 27.3 Å². The lowest BCUT2D eigenvalue weighted by Crippen LogP contribution is -2.30. The Kier molecular flexibility index (Phi) is 6.16. The van der Waals surface area contributed by atoms with Crippen molar-refractivity contribution in [2.75, 3.05) is 6.54 Å². The van der Waals surface area contributed by atoms with Gasteiger partial charge in [-0.05, 0) is 60.4 Å². The molecule has 3 heterocycles. The van der Waals surface area contributed by atoms with E-state index in [9.17, 15) is 13.6 Å². The van der Waals surface area contributed by atoms with E-state index < -0.39 is 0 Å². The molecule has 0 radical (unpaired) electrons. The third-order valence-corrected chi connectivity index (χ3v) is 6.01. The Hall–Kier alpha value is -3.87. The highest BCUT2D eigenvalue weighted by molar-refractivity contribution is 5.94. The Morgan fingerprint density at radius 2 is 1.79 bits per heavy atom. The van der Waals surface area contributed by atoms with Crippen LogP contribution in [0.2, 0.25) is 0 Å². The van der Waals surface area contributed by atoms with E-state index in [-0.39, 0.29) is 23.6 Å². The number of pyridine rings is 1. The molecule has 1 amide bonds. The molecule has 7 heteroatoms. The predicted molar refractivity (Wildman–Crippen MR) is 122 cm³/mol. The second-order valence-corrected chi connectivity index (χ2v) is 8.47. The van der Waals surface area contributed by atoms with Crippen molar-refractivity contribution in [2.45, 2.75) is 31.7 Å². The van der Waals surface area contributed by atoms with Crippen LogP contribution >= 0.6 is 0 Å². The topological polar surface area (TPSA) is 59.2 Å². The average Bonchev–Trinajstić information content (AvgIpc) is 3.50. The maximum absolute atomic E-state index is 13.5. The zero-order chi connectivity index (χ0) is 23.5. The van der Waals surface area contributed by atoms with Crippen LogP contribution in [-0.2, 0) is 12.8 Å². The van der Waals surface area contributed by atoms with Gasteiger partial charge in [-0.1, -0.05) is 24.3 Å². The summed E-state index contributed by atoms with van der Waals surface area (Å²) in [7, 11) is 0. The van der Waals surface area contributed by atoms with E-state index in [1.807, 2.05) is 12.1 Å². The second-order valence-electron chi connectivity index (χ2n) is 8.47. The highest BCUT2D eigenvalue weighted by atomic mass is 19.1. The lowest BCUT2D eigenvalue weighted by atomic mass is 10.1. The molecule has 5 rings (SSSR count). The fourth-order valence-electron chi connectivity index (χ4n) is 4.31. The van der Waals surface area contributed by atoms with Gasteiger partial charge in [-0.2, -0.15) is 0 Å². The molecule has 172 valence electrons. The van der Waals surface area contributed by atoms with Crippen LogP contribution in [0.25, 0.3) is 0 Å². The van der Waals surface area contributed by atoms with Gasteiger partial charge in [0, 0.05) is 31.3 Å². The van der Waals surface area contributed by atoms with E-state index in [2.05, 4.69) is 9.97 Å². The van der Waals surface area contributed by atoms with Gasteiger partial charge < -0.3 is 9.32 Å². The lowest BCUT2D eigenvalue weighted by molar-refractivity contribution is 0.0714. The number of hydrogen-bond acceptors (Lipinski definition) is 4. The number of carbonyl (C=O) groups excluding carboxylic acids is 1. The predicted octanol–water partition coefficient (Wildman–Crippen LogP) is 5.51. The molecule has 1 atom stereocenters. The van der Waals surface area contributed by atoms with Crippen LogP contribution in [0.1, 0.15) is 57.7 Å². The molecular formula is C27H23F2N3O2. The molecule has 0 saturated carbocycles. The summed E-state index contributed by atoms with van der Waals surface area (Å²) in [5, 5.41) is 0. The normalized spacial score (nSPS) is 15.6. The number of likely N-dealkylation sites (tertiary alicyclic amines) is 1. The fourth-order valence-corrected chi connectivity index (χ4v) is 4.31. The van der Waals surface area contributed by atoms with Gasteiger partial charge in [0.25, 0.3) is 5.91 Å². The van der Waals surface area contributed by atoms with Crippen molar-refractivity contribution >= 4 is 5.91 Å². The highest BCUT2D eigenvalue weighted by Crippen LogP contribution is 2.33. The maximum Gasteiger partial charge on any atom is 0.256 e. The first-order valence-electron chi connectivity index (χ1n) is 11.2. The van der Waals surface area contributed by atoms with Gasteiger partial charge in [0.2, 0.25) is 5.89 Å². The second kappa shape index (κ2) is 9.55. The lowest BCUT2D eigenvalue weighted by Gasteiger charge is -2.22. The summed E-state index contributed by atoms with van der Waals surface area (Å²) in [6.07, 6.45) is 5.85. The van der Waals surface area contributed by atoms with Crippen molar-refractivity contribution in [3.8, 4) is 0 Å². The van der Waals surface area contributed by atoms with Gasteiger partial charge in [0.15, 0.2) is 0 Å². The first-order valence-corrected chi connectivity index (χ1v) is 11.2. The summed E-state index contributed by atoms with van der Waals surface area (Å²) in [5.41, 5.74) is 3.05. The Morgan fingerprint density at radius 3 is 2.56 bits per heavy atom. The van der Waals surface area contributed by atoms with Crippen LogP contribution in [0.5, 0.6) is 0 Å². The van der Waals surface area contributed by atoms with Crippen molar-refractivity contribution < 1.29 is 18.0 Å². The number of aromatic nitrogens is 2. The van der Waals surface area contributed by atoms with Gasteiger partial charge in [0.05, 0.1) is 11.8 Å². The molecule has 2 aromatic carbocycles. The van der Waals surface area contributed by atoms with E-state index in [0.29, 0.717) is 36.6 Å². The molecule has 1 aliphatic heterocycles. The largest absolute Gasteiger partial charge is 0.443 e. The Bertz CT molecular complexity index is 1290. The standard InChI is InChI=1S/C27H23F2N3O2/c28-21-9-6-18(7-10-21)14-23-11-8-20(16-30-23)27(33)32-12-2-5-25(32)26-31-17-24(34-26)15-19-3-1-4-22(29)13-19/h1,3-4,6-11,13,16-17,25H,2,5,12,14-15H2/t25-/m0/s1. The number of benzene rings is 2. The highest BCUT2D eigenvalue weighted by Gasteiger charge is 2.34. The van der Waals surface area contributed by atoms with Crippen LogP contribution in [0, 0.1) is 11.6 Å². The van der Waals surface area contributed by atoms with Crippen molar-refractivity contribution in [2.24, 2.45) is 0 Å². The number of nitrogens with zero attached hydrogens (tertiary/aromatic N) is 3. The molecule has 0 spiro atoms. The number of oxazole rings is 1. The number of rotatable bonds is 6. The van der Waals surface area contributed by atoms with Crippen molar-refractivity contribution in [3.63, 3.8) is 0 Å². The first-order chi connectivity index (χ1) is 16.5. The number of halogens is 2. The van der Waals surface area contributed by atoms with Crippen molar-refractivity contribution in [3.05, 3.63) is 119 Å². The van der Waals surface area contributed by atoms with Crippen LogP contribution in [0.3, 0.4) is 0 Å². The van der Waals surface area contributed by atoms with E-state index in [1.165, 1.54) is 24.3 Å². The zero-order valence-corrected chi connectivity index (χ0v) is 18.5. The SMILES string of the molecule is O=C(c1ccc(Cc2ccc(F)cc2)nc1)N1CCC[C@H]1c1ncc(Cc2cccc(F)c2)o1. The van der Waals surface area contributed by atoms with Crippen LogP contribution in [0.4, 0.5) is 8.78 Å². The Morgan fingerprint density at radius 1 is 0.941 bits per heavy atom. The molecular weight excluding hydrogens is 436 g/mol. The molecule has 2 aromatic heterocycles. The van der Waals surface area contributed by atoms with Crippen LogP contribution < -0.4 is 0 Å². The maximum atomic E-state index is 13.5. The van der Waals surface area contributed by atoms with Crippen molar-refractivity contribution in [1.82, 2.24) is 14.9 Å². The molecule has 0 N–H and O–H groups in total. The Labute approximate surface area is 196 Å². The molecule has 0 bridgehead atoms. The van der Waals surface area contributed by atoms with E-state index in [4.69, 9.17) is 4.42 Å². The Balaban J connectivity index is 1.26. The summed E-state index contributed by atoms with van der Waals surface area (Å²) in [6, 6.07) is 16.0. The molecule has 0 aliphatic carbocycles. The minimum Gasteiger partial charge on any atom is -0.443 e. The fraction of sp³-hybridized carbons (Fsp3) is 0.222. The summed E-state index contributed by atoms with van der Waals surface area (Å²) in [6.45, 7) is 0.614. The molecule has 1 saturated heterocycles. The first kappa shape index (κ1) is 21.9. The number of amides is 1. The molecule has 1 aliphatic rings. The van der Waals surface area contributed by atoms with Gasteiger partial charge in [0.1, 0.15) is 23.4 Å². The third-order valence-electron chi connectivity index (χ3n) is 6.01. The van der Waals surface area contributed by atoms with Gasteiger partial charge in [-0.15, -0.1) is 0 Å². The molecule has 34 heavy (non-hydrogen) atoms. The summed E-state index contributed by atoms with van der Waals surface area (Å²) in [4.78, 5) is 23.8. The van der Waals surface area contributed by atoms with Crippen molar-refractivity contribution in [1.29, 1.82) is 0 Å². The van der Waals surface area contributed by atoms with E-state index in [0.717, 1.165) is 29.7 Å². The minimum atomic E-state index is -0.290. The average molecular weight is 459 g/mol. The van der Waals surface area contributed by atoms with Crippen LogP contribution in [0.15, 0.2) is 77.5 Å². The summed E-state index contributed by atoms with van der Waals surface area (Å²) in [5.74, 6) is 0.449. The van der Waals surface area contributed by atoms with Gasteiger partial charge >= 0.3 is 0 Å². The third kappa shape index (κ3) is 4.88. The smallest absolute Gasteiger partial charge is 0.256 e. The van der Waals surface area contributed by atoms with Gasteiger partial charge in [-0.3, -0.25) is 9.78 Å². The zero-order valence-electron chi connectivity index (χ0n) is 18.5. The minimum absolute atomic E-state index is 0.117. The number of carbonyl (C=O) groups is 1. The van der Waals surface area contributed by atoms with E-state index >= 15 is 0 Å². The number of hydrogen-bond donors (Lipinski definition) is 0. The molecule has 1 fully saturated rings. The molecule has 4 aromatic rings. The van der Waals surface area contributed by atoms with Gasteiger partial charge in [-0.25, -0.2) is 13.8 Å².